The summed E-state index contributed by atoms with van der Waals surface area (Å²) in [5.74, 6) is 0.984. The molecule has 2 aromatic heterocycles. The lowest BCUT2D eigenvalue weighted by Crippen LogP contribution is -2.39. The maximum absolute atomic E-state index is 14.5. The van der Waals surface area contributed by atoms with Crippen LogP contribution in [0.1, 0.15) is 37.2 Å². The highest BCUT2D eigenvalue weighted by Crippen LogP contribution is 2.39. The van der Waals surface area contributed by atoms with Crippen molar-refractivity contribution >= 4 is 15.8 Å². The Bertz CT molecular complexity index is 1360. The average Bonchev–Trinajstić information content (AvgIpc) is 3.65. The van der Waals surface area contributed by atoms with E-state index in [0.29, 0.717) is 11.7 Å². The van der Waals surface area contributed by atoms with Crippen LogP contribution in [0.5, 0.6) is 5.75 Å². The molecule has 1 saturated heterocycles. The molecule has 0 unspecified atom stereocenters. The van der Waals surface area contributed by atoms with E-state index in [1.165, 1.54) is 42.8 Å². The van der Waals surface area contributed by atoms with E-state index in [1.807, 2.05) is 12.4 Å². The van der Waals surface area contributed by atoms with Crippen molar-refractivity contribution < 1.29 is 17.5 Å². The molecule has 0 amide bonds. The Labute approximate surface area is 197 Å². The average molecular weight is 485 g/mol. The topological polar surface area (TPSA) is 94.4 Å². The number of benzene rings is 1. The van der Waals surface area contributed by atoms with Crippen LogP contribution in [0.3, 0.4) is 0 Å². The summed E-state index contributed by atoms with van der Waals surface area (Å²) in [5, 5.41) is 0. The van der Waals surface area contributed by atoms with Crippen LogP contribution in [0.25, 0.3) is 5.69 Å². The first-order valence-corrected chi connectivity index (χ1v) is 13.1. The standard InChI is InChI=1S/C24H25FN4O4S/c1-34(31,32)20-4-5-22(21(25)13-20)29-11-8-19(12-23(29)30)33-18-6-9-28(10-7-18)24-26-14-17(15-27-24)16-2-3-16/h4-5,8,11-16,18H,2-3,6-7,9-10H2,1H3. The Balaban J connectivity index is 1.22. The van der Waals surface area contributed by atoms with Gasteiger partial charge in [0.15, 0.2) is 9.84 Å². The number of rotatable bonds is 6. The first kappa shape index (κ1) is 22.5. The van der Waals surface area contributed by atoms with E-state index in [4.69, 9.17) is 4.74 Å². The van der Waals surface area contributed by atoms with Crippen LogP contribution in [0, 0.1) is 5.82 Å². The lowest BCUT2D eigenvalue weighted by Gasteiger charge is -2.32. The molecule has 3 heterocycles. The predicted octanol–water partition coefficient (Wildman–Crippen LogP) is 3.10. The van der Waals surface area contributed by atoms with Crippen molar-refractivity contribution in [1.29, 1.82) is 0 Å². The van der Waals surface area contributed by atoms with Crippen LogP contribution in [0.15, 0.2) is 58.6 Å². The van der Waals surface area contributed by atoms with Gasteiger partial charge in [0, 0.05) is 56.8 Å². The second kappa shape index (κ2) is 8.83. The molecule has 34 heavy (non-hydrogen) atoms. The number of halogens is 1. The zero-order chi connectivity index (χ0) is 23.9. The molecule has 5 rings (SSSR count). The molecule has 2 aliphatic rings. The third-order valence-electron chi connectivity index (χ3n) is 6.23. The first-order chi connectivity index (χ1) is 16.3. The smallest absolute Gasteiger partial charge is 0.258 e. The number of sulfone groups is 1. The third kappa shape index (κ3) is 4.82. The summed E-state index contributed by atoms with van der Waals surface area (Å²) in [5.41, 5.74) is 0.720. The molecule has 0 N–H and O–H groups in total. The summed E-state index contributed by atoms with van der Waals surface area (Å²) >= 11 is 0. The maximum atomic E-state index is 14.5. The van der Waals surface area contributed by atoms with Crippen molar-refractivity contribution in [3.63, 3.8) is 0 Å². The second-order valence-electron chi connectivity index (χ2n) is 8.85. The van der Waals surface area contributed by atoms with E-state index >= 15 is 0 Å². The van der Waals surface area contributed by atoms with Crippen molar-refractivity contribution in [2.75, 3.05) is 24.2 Å². The van der Waals surface area contributed by atoms with Crippen molar-refractivity contribution in [1.82, 2.24) is 14.5 Å². The molecular formula is C24H25FN4O4S. The molecular weight excluding hydrogens is 459 g/mol. The quantitative estimate of drug-likeness (QED) is 0.531. The molecule has 1 aliphatic carbocycles. The molecule has 178 valence electrons. The normalized spacial score (nSPS) is 17.1. The number of piperidine rings is 1. The molecule has 1 aromatic carbocycles. The minimum absolute atomic E-state index is 0.0232. The second-order valence-corrected chi connectivity index (χ2v) is 10.9. The Kier molecular flexibility index (Phi) is 5.85. The van der Waals surface area contributed by atoms with Crippen LogP contribution in [0.4, 0.5) is 10.3 Å². The molecule has 0 atom stereocenters. The van der Waals surface area contributed by atoms with Gasteiger partial charge in [-0.25, -0.2) is 22.8 Å². The van der Waals surface area contributed by atoms with Gasteiger partial charge in [-0.3, -0.25) is 9.36 Å². The van der Waals surface area contributed by atoms with Gasteiger partial charge in [-0.05, 0) is 48.6 Å². The minimum atomic E-state index is -3.54. The van der Waals surface area contributed by atoms with E-state index in [1.54, 1.807) is 6.07 Å². The van der Waals surface area contributed by atoms with Gasteiger partial charge in [-0.2, -0.15) is 0 Å². The number of anilines is 1. The molecule has 10 heteroatoms. The largest absolute Gasteiger partial charge is 0.490 e. The fourth-order valence-corrected chi connectivity index (χ4v) is 4.77. The Hall–Kier alpha value is -3.27. The monoisotopic (exact) mass is 484 g/mol. The summed E-state index contributed by atoms with van der Waals surface area (Å²) in [6, 6.07) is 6.40. The zero-order valence-corrected chi connectivity index (χ0v) is 19.5. The van der Waals surface area contributed by atoms with E-state index in [9.17, 15) is 17.6 Å². The van der Waals surface area contributed by atoms with Crippen molar-refractivity contribution in [3.8, 4) is 11.4 Å². The van der Waals surface area contributed by atoms with Gasteiger partial charge >= 0.3 is 0 Å². The van der Waals surface area contributed by atoms with E-state index in [2.05, 4.69) is 14.9 Å². The van der Waals surface area contributed by atoms with Gasteiger partial charge in [0.1, 0.15) is 17.7 Å². The van der Waals surface area contributed by atoms with Crippen LogP contribution >= 0.6 is 0 Å². The lowest BCUT2D eigenvalue weighted by molar-refractivity contribution is 0.170. The minimum Gasteiger partial charge on any atom is -0.490 e. The van der Waals surface area contributed by atoms with Gasteiger partial charge in [0.25, 0.3) is 5.56 Å². The maximum Gasteiger partial charge on any atom is 0.258 e. The highest BCUT2D eigenvalue weighted by Gasteiger charge is 2.26. The summed E-state index contributed by atoms with van der Waals surface area (Å²) in [6.07, 6.45) is 10.2. The first-order valence-electron chi connectivity index (χ1n) is 11.2. The predicted molar refractivity (Wildman–Crippen MR) is 125 cm³/mol. The molecule has 0 spiro atoms. The van der Waals surface area contributed by atoms with E-state index in [-0.39, 0.29) is 16.7 Å². The Morgan fingerprint density at radius 1 is 1.03 bits per heavy atom. The fraction of sp³-hybridized carbons (Fsp3) is 0.375. The Morgan fingerprint density at radius 3 is 2.32 bits per heavy atom. The number of hydrogen-bond donors (Lipinski definition) is 0. The SMILES string of the molecule is CS(=O)(=O)c1ccc(-n2ccc(OC3CCN(c4ncc(C5CC5)cn4)CC3)cc2=O)c(F)c1. The summed E-state index contributed by atoms with van der Waals surface area (Å²) < 4.78 is 44.9. The lowest BCUT2D eigenvalue weighted by atomic mass is 10.1. The molecule has 1 saturated carbocycles. The van der Waals surface area contributed by atoms with Crippen LogP contribution < -0.4 is 15.2 Å². The number of hydrogen-bond acceptors (Lipinski definition) is 7. The van der Waals surface area contributed by atoms with Gasteiger partial charge in [-0.15, -0.1) is 0 Å². The third-order valence-corrected chi connectivity index (χ3v) is 7.34. The highest BCUT2D eigenvalue weighted by atomic mass is 32.2. The summed E-state index contributed by atoms with van der Waals surface area (Å²) in [7, 11) is -3.54. The van der Waals surface area contributed by atoms with Gasteiger partial charge in [0.05, 0.1) is 10.6 Å². The van der Waals surface area contributed by atoms with E-state index in [0.717, 1.165) is 48.8 Å². The van der Waals surface area contributed by atoms with Gasteiger partial charge in [0.2, 0.25) is 5.95 Å². The number of nitrogens with zero attached hydrogens (tertiary/aromatic N) is 4. The number of aromatic nitrogens is 3. The summed E-state index contributed by atoms with van der Waals surface area (Å²) in [6.45, 7) is 1.50. The van der Waals surface area contributed by atoms with Crippen molar-refractivity contribution in [2.45, 2.75) is 42.6 Å². The van der Waals surface area contributed by atoms with Gasteiger partial charge in [-0.1, -0.05) is 0 Å². The van der Waals surface area contributed by atoms with Crippen LogP contribution in [0.2, 0.25) is 0 Å². The van der Waals surface area contributed by atoms with Crippen molar-refractivity contribution in [3.05, 3.63) is 70.7 Å². The zero-order valence-electron chi connectivity index (χ0n) is 18.7. The highest BCUT2D eigenvalue weighted by molar-refractivity contribution is 7.90. The molecule has 3 aromatic rings. The fourth-order valence-electron chi connectivity index (χ4n) is 4.13. The molecule has 0 radical (unpaired) electrons. The van der Waals surface area contributed by atoms with Crippen LogP contribution in [-0.2, 0) is 9.84 Å². The van der Waals surface area contributed by atoms with E-state index < -0.39 is 21.2 Å². The van der Waals surface area contributed by atoms with Crippen LogP contribution in [-0.4, -0.2) is 48.4 Å². The van der Waals surface area contributed by atoms with Crippen molar-refractivity contribution in [2.24, 2.45) is 0 Å². The summed E-state index contributed by atoms with van der Waals surface area (Å²) in [4.78, 5) is 23.6. The Morgan fingerprint density at radius 2 is 1.74 bits per heavy atom. The number of pyridine rings is 1. The number of ether oxygens (including phenoxy) is 1. The molecule has 1 aliphatic heterocycles. The molecule has 2 fully saturated rings. The molecule has 0 bridgehead atoms. The molecule has 8 nitrogen and oxygen atoms in total. The van der Waals surface area contributed by atoms with Gasteiger partial charge < -0.3 is 9.64 Å².